The molecule has 1 N–H and O–H groups in total. The predicted octanol–water partition coefficient (Wildman–Crippen LogP) is 5.32. The van der Waals surface area contributed by atoms with Crippen molar-refractivity contribution in [1.29, 1.82) is 0 Å². The average Bonchev–Trinajstić information content (AvgIpc) is 3.38. The smallest absolute Gasteiger partial charge is 0.123 e. The minimum absolute atomic E-state index is 0. The zero-order chi connectivity index (χ0) is 16.8. The molecule has 0 aliphatic carbocycles. The Hall–Kier alpha value is -1.97. The summed E-state index contributed by atoms with van der Waals surface area (Å²) in [5.74, 6) is 0. The second-order valence-electron chi connectivity index (χ2n) is 5.52. The van der Waals surface area contributed by atoms with Gasteiger partial charge in [-0.15, -0.1) is 11.3 Å². The molecule has 4 heteroatoms. The van der Waals surface area contributed by atoms with Gasteiger partial charge in [0.1, 0.15) is 5.01 Å². The topological polar surface area (TPSA) is 33.1 Å². The van der Waals surface area contributed by atoms with Crippen LogP contribution >= 0.6 is 11.3 Å². The van der Waals surface area contributed by atoms with Crippen LogP contribution in [0.5, 0.6) is 0 Å². The Morgan fingerprint density at radius 3 is 2.28 bits per heavy atom. The second-order valence-corrected chi connectivity index (χ2v) is 6.58. The van der Waals surface area contributed by atoms with Gasteiger partial charge in [0.05, 0.1) is 0 Å². The van der Waals surface area contributed by atoms with Crippen molar-refractivity contribution in [3.05, 3.63) is 101 Å². The van der Waals surface area contributed by atoms with Crippen molar-refractivity contribution < 1.29 is 22.2 Å². The Balaban J connectivity index is 0.000000325. The molecule has 0 bridgehead atoms. The van der Waals surface area contributed by atoms with E-state index in [0.29, 0.717) is 0 Å². The van der Waals surface area contributed by atoms with Gasteiger partial charge in [0.25, 0.3) is 0 Å². The van der Waals surface area contributed by atoms with E-state index in [4.69, 9.17) is 0 Å². The Morgan fingerprint density at radius 1 is 1.08 bits per heavy atom. The fourth-order valence-corrected chi connectivity index (χ4v) is 3.23. The van der Waals surface area contributed by atoms with Crippen LogP contribution in [0.1, 0.15) is 22.1 Å². The standard InChI is InChI=1S/C16H14NOS.C5H5.Fe/c1-11-6-8-13(9-7-11)16-17-10-14(19-16)15(18)12-4-2-3-5-12;1-2-4-5-3-1;/h2-10,15,18H,1H3;1-5H;/q-5;-1;. The minimum atomic E-state index is -0.577. The maximum atomic E-state index is 10.3. The van der Waals surface area contributed by atoms with Crippen molar-refractivity contribution in [3.63, 3.8) is 0 Å². The van der Waals surface area contributed by atoms with Crippen LogP contribution < -0.4 is 0 Å². The molecule has 1 aromatic heterocycles. The first kappa shape index (κ1) is 19.4. The Kier molecular flexibility index (Phi) is 7.35. The van der Waals surface area contributed by atoms with E-state index in [1.54, 1.807) is 6.20 Å². The second kappa shape index (κ2) is 9.50. The van der Waals surface area contributed by atoms with Crippen molar-refractivity contribution in [3.8, 4) is 10.6 Å². The first-order chi connectivity index (χ1) is 11.7. The van der Waals surface area contributed by atoms with E-state index >= 15 is 0 Å². The van der Waals surface area contributed by atoms with Crippen molar-refractivity contribution in [2.45, 2.75) is 13.0 Å². The summed E-state index contributed by atoms with van der Waals surface area (Å²) >= 11 is 1.54. The molecule has 3 aromatic carbocycles. The van der Waals surface area contributed by atoms with Gasteiger partial charge in [0.2, 0.25) is 0 Å². The fraction of sp³-hybridized carbons (Fsp3) is 0.0952. The van der Waals surface area contributed by atoms with Gasteiger partial charge >= 0.3 is 0 Å². The van der Waals surface area contributed by atoms with Gasteiger partial charge in [-0.2, -0.15) is 18.2 Å². The predicted molar refractivity (Wildman–Crippen MR) is 100 cm³/mol. The minimum Gasteiger partial charge on any atom is -0.747 e. The Labute approximate surface area is 163 Å². The Morgan fingerprint density at radius 2 is 1.72 bits per heavy atom. The van der Waals surface area contributed by atoms with Crippen LogP contribution in [0.2, 0.25) is 0 Å². The van der Waals surface area contributed by atoms with Gasteiger partial charge in [0, 0.05) is 33.7 Å². The molecule has 0 aliphatic rings. The molecule has 4 aromatic rings. The van der Waals surface area contributed by atoms with Gasteiger partial charge < -0.3 is 34.9 Å². The van der Waals surface area contributed by atoms with Gasteiger partial charge in [0.15, 0.2) is 0 Å². The van der Waals surface area contributed by atoms with Crippen LogP contribution in [0.4, 0.5) is 0 Å². The summed E-state index contributed by atoms with van der Waals surface area (Å²) in [6.45, 7) is 2.07. The summed E-state index contributed by atoms with van der Waals surface area (Å²) in [6.07, 6.45) is 1.18. The molecule has 0 aliphatic heterocycles. The van der Waals surface area contributed by atoms with Crippen molar-refractivity contribution >= 4 is 11.3 Å². The number of hydrogen-bond donors (Lipinski definition) is 1. The molecule has 25 heavy (non-hydrogen) atoms. The SMILES string of the molecule is Cc1ccc(-c2ncc(C(O)[c-]3[cH-][cH-][cH-][cH-]3)s2)cc1.[Fe].c1cc[cH-]c1. The third kappa shape index (κ3) is 5.25. The molecular weight excluding hydrogens is 370 g/mol. The fourth-order valence-electron chi connectivity index (χ4n) is 2.30. The van der Waals surface area contributed by atoms with Crippen molar-refractivity contribution in [1.82, 2.24) is 4.98 Å². The average molecular weight is 389 g/mol. The summed E-state index contributed by atoms with van der Waals surface area (Å²) in [5, 5.41) is 11.2. The van der Waals surface area contributed by atoms with Gasteiger partial charge in [-0.1, -0.05) is 35.9 Å². The summed E-state index contributed by atoms with van der Waals surface area (Å²) in [7, 11) is 0. The van der Waals surface area contributed by atoms with Crippen LogP contribution in [0.15, 0.2) is 85.1 Å². The third-order valence-corrected chi connectivity index (χ3v) is 4.75. The van der Waals surface area contributed by atoms with Gasteiger partial charge in [-0.05, 0) is 6.92 Å². The van der Waals surface area contributed by atoms with Crippen LogP contribution in [0.25, 0.3) is 10.6 Å². The molecule has 4 rings (SSSR count). The van der Waals surface area contributed by atoms with Gasteiger partial charge in [-0.25, -0.2) is 17.1 Å². The van der Waals surface area contributed by atoms with E-state index in [1.807, 2.05) is 54.6 Å². The van der Waals surface area contributed by atoms with E-state index in [1.165, 1.54) is 16.9 Å². The number of aliphatic hydroxyl groups is 1. The maximum absolute atomic E-state index is 10.3. The molecule has 0 spiro atoms. The molecule has 0 saturated carbocycles. The summed E-state index contributed by atoms with van der Waals surface area (Å²) in [4.78, 5) is 5.28. The Bertz CT molecular complexity index is 815. The maximum Gasteiger partial charge on any atom is 0.123 e. The summed E-state index contributed by atoms with van der Waals surface area (Å²) in [6, 6.07) is 26.0. The molecule has 0 saturated heterocycles. The molecule has 2 nitrogen and oxygen atoms in total. The normalized spacial score (nSPS) is 11.1. The van der Waals surface area contributed by atoms with E-state index in [9.17, 15) is 5.11 Å². The number of rotatable bonds is 3. The zero-order valence-corrected chi connectivity index (χ0v) is 15.7. The molecule has 1 heterocycles. The van der Waals surface area contributed by atoms with Crippen LogP contribution in [-0.4, -0.2) is 10.1 Å². The molecular formula is C21H19FeNOS-6. The van der Waals surface area contributed by atoms with E-state index in [-0.39, 0.29) is 17.1 Å². The molecule has 1 unspecified atom stereocenters. The van der Waals surface area contributed by atoms with Crippen LogP contribution in [0.3, 0.4) is 0 Å². The molecule has 1 atom stereocenters. The van der Waals surface area contributed by atoms with Crippen molar-refractivity contribution in [2.24, 2.45) is 0 Å². The van der Waals surface area contributed by atoms with E-state index < -0.39 is 6.10 Å². The van der Waals surface area contributed by atoms with Crippen LogP contribution in [0, 0.1) is 6.92 Å². The monoisotopic (exact) mass is 389 g/mol. The first-order valence-corrected chi connectivity index (χ1v) is 8.65. The van der Waals surface area contributed by atoms with Crippen molar-refractivity contribution in [2.75, 3.05) is 0 Å². The summed E-state index contributed by atoms with van der Waals surface area (Å²) < 4.78 is 0. The first-order valence-electron chi connectivity index (χ1n) is 7.83. The number of nitrogens with zero attached hydrogens (tertiary/aromatic N) is 1. The van der Waals surface area contributed by atoms with Gasteiger partial charge in [-0.3, -0.25) is 0 Å². The molecule has 0 radical (unpaired) electrons. The number of hydrogen-bond acceptors (Lipinski definition) is 3. The van der Waals surface area contributed by atoms with E-state index in [0.717, 1.165) is 21.0 Å². The number of aryl methyl sites for hydroxylation is 1. The quantitative estimate of drug-likeness (QED) is 0.380. The third-order valence-electron chi connectivity index (χ3n) is 3.65. The number of aliphatic hydroxyl groups excluding tert-OH is 1. The number of thiazole rings is 1. The molecule has 134 valence electrons. The molecule has 0 fully saturated rings. The number of benzene rings is 1. The summed E-state index contributed by atoms with van der Waals surface area (Å²) in [5.41, 5.74) is 3.24. The van der Waals surface area contributed by atoms with E-state index in [2.05, 4.69) is 36.2 Å². The largest absolute Gasteiger partial charge is 0.747 e. The van der Waals surface area contributed by atoms with Crippen LogP contribution in [-0.2, 0) is 17.1 Å². The molecule has 0 amide bonds. The zero-order valence-electron chi connectivity index (χ0n) is 13.8. The number of aromatic nitrogens is 1.